The number of fused-ring (bicyclic) bond motifs is 1. The van der Waals surface area contributed by atoms with E-state index in [4.69, 9.17) is 5.11 Å². The molecule has 0 unspecified atom stereocenters. The molecule has 1 heterocycles. The Kier molecular flexibility index (Phi) is 3.69. The fraction of sp³-hybridized carbons (Fsp3) is 0.385. The molecule has 0 atom stereocenters. The number of benzene rings is 1. The molecule has 0 saturated carbocycles. The van der Waals surface area contributed by atoms with Crippen molar-refractivity contribution in [2.45, 2.75) is 12.8 Å². The number of hydrogen-bond donors (Lipinski definition) is 1. The molecule has 19 heavy (non-hydrogen) atoms. The number of rotatable bonds is 3. The Bertz CT molecular complexity index is 519. The number of halogens is 1. The van der Waals surface area contributed by atoms with Gasteiger partial charge in [-0.15, -0.1) is 0 Å². The average Bonchev–Trinajstić information content (AvgIpc) is 2.48. The van der Waals surface area contributed by atoms with E-state index in [0.29, 0.717) is 12.2 Å². The van der Waals surface area contributed by atoms with Crippen molar-refractivity contribution in [2.75, 3.05) is 29.9 Å². The maximum atomic E-state index is 13.9. The summed E-state index contributed by atoms with van der Waals surface area (Å²) in [5.41, 5.74) is 0.782. The zero-order chi connectivity index (χ0) is 14.0. The fourth-order valence-corrected chi connectivity index (χ4v) is 2.20. The molecule has 0 spiro atoms. The van der Waals surface area contributed by atoms with Gasteiger partial charge >= 0.3 is 5.97 Å². The third-order valence-electron chi connectivity index (χ3n) is 3.21. The number of carboxylic acid groups (broad SMARTS) is 1. The third kappa shape index (κ3) is 2.67. The molecular weight excluding hydrogens is 251 g/mol. The van der Waals surface area contributed by atoms with Crippen LogP contribution in [0.25, 0.3) is 0 Å². The molecule has 0 aromatic heterocycles. The topological polar surface area (TPSA) is 60.9 Å². The second-order valence-electron chi connectivity index (χ2n) is 4.44. The van der Waals surface area contributed by atoms with Crippen molar-refractivity contribution >= 4 is 23.3 Å². The fourth-order valence-electron chi connectivity index (χ4n) is 2.20. The highest BCUT2D eigenvalue weighted by Crippen LogP contribution is 2.34. The molecule has 1 aliphatic rings. The van der Waals surface area contributed by atoms with Gasteiger partial charge in [0.2, 0.25) is 5.91 Å². The zero-order valence-corrected chi connectivity index (χ0v) is 10.6. The minimum absolute atomic E-state index is 0.0478. The van der Waals surface area contributed by atoms with Gasteiger partial charge in [-0.2, -0.15) is 0 Å². The lowest BCUT2D eigenvalue weighted by atomic mass is 10.2. The van der Waals surface area contributed by atoms with Crippen molar-refractivity contribution in [2.24, 2.45) is 0 Å². The van der Waals surface area contributed by atoms with E-state index in [1.54, 1.807) is 17.0 Å². The van der Waals surface area contributed by atoms with Crippen molar-refractivity contribution in [1.29, 1.82) is 0 Å². The highest BCUT2D eigenvalue weighted by atomic mass is 19.1. The van der Waals surface area contributed by atoms with Crippen LogP contribution in [0.2, 0.25) is 0 Å². The Morgan fingerprint density at radius 1 is 1.47 bits per heavy atom. The molecule has 1 N–H and O–H groups in total. The molecule has 0 saturated heterocycles. The lowest BCUT2D eigenvalue weighted by Gasteiger charge is -2.25. The first-order valence-corrected chi connectivity index (χ1v) is 6.02. The van der Waals surface area contributed by atoms with Crippen molar-refractivity contribution in [3.05, 3.63) is 24.0 Å². The summed E-state index contributed by atoms with van der Waals surface area (Å²) in [5.74, 6) is -1.57. The standard InChI is InChI=1S/C13H15FN2O3/c1-15-11(17)5-7-16(8-6-12(18)19)10-4-2-3-9(14)13(10)15/h2-4H,5-8H2,1H3,(H,18,19). The van der Waals surface area contributed by atoms with Crippen LogP contribution in [0.1, 0.15) is 12.8 Å². The van der Waals surface area contributed by atoms with E-state index >= 15 is 0 Å². The number of amides is 1. The lowest BCUT2D eigenvalue weighted by molar-refractivity contribution is -0.136. The van der Waals surface area contributed by atoms with Gasteiger partial charge in [0.15, 0.2) is 0 Å². The second-order valence-corrected chi connectivity index (χ2v) is 4.44. The molecule has 1 aromatic carbocycles. The molecule has 0 radical (unpaired) electrons. The van der Waals surface area contributed by atoms with E-state index in [1.165, 1.54) is 18.0 Å². The SMILES string of the molecule is CN1C(=O)CCN(CCC(=O)O)c2cccc(F)c21. The summed E-state index contributed by atoms with van der Waals surface area (Å²) in [7, 11) is 1.53. The van der Waals surface area contributed by atoms with Crippen molar-refractivity contribution in [3.63, 3.8) is 0 Å². The molecule has 2 rings (SSSR count). The van der Waals surface area contributed by atoms with Crippen LogP contribution in [0.15, 0.2) is 18.2 Å². The van der Waals surface area contributed by atoms with Gasteiger partial charge in [0.25, 0.3) is 0 Å². The van der Waals surface area contributed by atoms with Crippen molar-refractivity contribution in [3.8, 4) is 0 Å². The van der Waals surface area contributed by atoms with E-state index < -0.39 is 11.8 Å². The van der Waals surface area contributed by atoms with E-state index in [1.807, 2.05) is 0 Å². The van der Waals surface area contributed by atoms with Crippen LogP contribution >= 0.6 is 0 Å². The quantitative estimate of drug-likeness (QED) is 0.900. The van der Waals surface area contributed by atoms with Crippen LogP contribution in [0.5, 0.6) is 0 Å². The Hall–Kier alpha value is -2.11. The van der Waals surface area contributed by atoms with Gasteiger partial charge in [-0.25, -0.2) is 4.39 Å². The van der Waals surface area contributed by atoms with Gasteiger partial charge in [0.1, 0.15) is 11.5 Å². The second kappa shape index (κ2) is 5.26. The molecule has 0 bridgehead atoms. The first-order valence-electron chi connectivity index (χ1n) is 6.02. The maximum Gasteiger partial charge on any atom is 0.305 e. The Labute approximate surface area is 110 Å². The normalized spacial score (nSPS) is 15.2. The number of aliphatic carboxylic acids is 1. The highest BCUT2D eigenvalue weighted by molar-refractivity contribution is 5.98. The number of hydrogen-bond acceptors (Lipinski definition) is 3. The lowest BCUT2D eigenvalue weighted by Crippen LogP contribution is -2.27. The molecule has 1 aliphatic heterocycles. The number of carbonyl (C=O) groups excluding carboxylic acids is 1. The number of anilines is 2. The summed E-state index contributed by atoms with van der Waals surface area (Å²) in [6, 6.07) is 4.56. The smallest absolute Gasteiger partial charge is 0.305 e. The first-order chi connectivity index (χ1) is 9.00. The minimum Gasteiger partial charge on any atom is -0.481 e. The summed E-state index contributed by atoms with van der Waals surface area (Å²) in [4.78, 5) is 25.5. The maximum absolute atomic E-state index is 13.9. The number of carbonyl (C=O) groups is 2. The number of para-hydroxylation sites is 1. The summed E-state index contributed by atoms with van der Waals surface area (Å²) in [6.45, 7) is 0.653. The summed E-state index contributed by atoms with van der Waals surface area (Å²) >= 11 is 0. The van der Waals surface area contributed by atoms with Crippen LogP contribution in [-0.4, -0.2) is 37.1 Å². The Morgan fingerprint density at radius 3 is 2.89 bits per heavy atom. The minimum atomic E-state index is -0.915. The van der Waals surface area contributed by atoms with Gasteiger partial charge in [-0.1, -0.05) is 6.07 Å². The van der Waals surface area contributed by atoms with Crippen molar-refractivity contribution in [1.82, 2.24) is 0 Å². The predicted octanol–water partition coefficient (Wildman–Crippen LogP) is 1.47. The third-order valence-corrected chi connectivity index (χ3v) is 3.21. The average molecular weight is 266 g/mol. The predicted molar refractivity (Wildman–Crippen MR) is 68.9 cm³/mol. The molecule has 0 fully saturated rings. The Morgan fingerprint density at radius 2 is 2.21 bits per heavy atom. The molecule has 5 nitrogen and oxygen atoms in total. The van der Waals surface area contributed by atoms with Gasteiger partial charge < -0.3 is 14.9 Å². The molecule has 1 aromatic rings. The van der Waals surface area contributed by atoms with E-state index in [9.17, 15) is 14.0 Å². The van der Waals surface area contributed by atoms with Crippen LogP contribution in [-0.2, 0) is 9.59 Å². The highest BCUT2D eigenvalue weighted by Gasteiger charge is 2.26. The summed E-state index contributed by atoms with van der Waals surface area (Å²) in [5, 5.41) is 8.74. The number of nitrogens with zero attached hydrogens (tertiary/aromatic N) is 2. The summed E-state index contributed by atoms with van der Waals surface area (Å²) < 4.78 is 13.9. The van der Waals surface area contributed by atoms with E-state index in [-0.39, 0.29) is 31.0 Å². The van der Waals surface area contributed by atoms with Crippen LogP contribution in [0, 0.1) is 5.82 Å². The van der Waals surface area contributed by atoms with Gasteiger partial charge in [-0.05, 0) is 12.1 Å². The van der Waals surface area contributed by atoms with Crippen LogP contribution < -0.4 is 9.80 Å². The zero-order valence-electron chi connectivity index (χ0n) is 10.6. The molecule has 102 valence electrons. The monoisotopic (exact) mass is 266 g/mol. The van der Waals surface area contributed by atoms with E-state index in [2.05, 4.69) is 0 Å². The Balaban J connectivity index is 2.39. The molecule has 1 amide bonds. The molecular formula is C13H15FN2O3. The first kappa shape index (κ1) is 13.3. The van der Waals surface area contributed by atoms with Gasteiger partial charge in [0.05, 0.1) is 12.1 Å². The van der Waals surface area contributed by atoms with Crippen LogP contribution in [0.3, 0.4) is 0 Å². The summed E-state index contributed by atoms with van der Waals surface area (Å²) in [6.07, 6.45) is 0.193. The van der Waals surface area contributed by atoms with Crippen molar-refractivity contribution < 1.29 is 19.1 Å². The largest absolute Gasteiger partial charge is 0.481 e. The van der Waals surface area contributed by atoms with Gasteiger partial charge in [-0.3, -0.25) is 9.59 Å². The van der Waals surface area contributed by atoms with E-state index in [0.717, 1.165) is 0 Å². The van der Waals surface area contributed by atoms with Crippen LogP contribution in [0.4, 0.5) is 15.8 Å². The number of carboxylic acids is 1. The molecule has 6 heteroatoms. The van der Waals surface area contributed by atoms with Gasteiger partial charge in [0, 0.05) is 26.6 Å². The molecule has 0 aliphatic carbocycles.